The first-order valence-electron chi connectivity index (χ1n) is 4.93. The van der Waals surface area contributed by atoms with Crippen molar-refractivity contribution in [3.63, 3.8) is 0 Å². The number of thiazole rings is 1. The summed E-state index contributed by atoms with van der Waals surface area (Å²) in [4.78, 5) is 4.51. The van der Waals surface area contributed by atoms with Gasteiger partial charge in [-0.2, -0.15) is 0 Å². The highest BCUT2D eigenvalue weighted by Crippen LogP contribution is 2.27. The van der Waals surface area contributed by atoms with E-state index >= 15 is 0 Å². The fourth-order valence-electron chi connectivity index (χ4n) is 1.30. The molecule has 80 valence electrons. The Bertz CT molecular complexity index is 447. The first kappa shape index (κ1) is 10.4. The first-order valence-corrected chi connectivity index (χ1v) is 5.81. The molecule has 0 saturated heterocycles. The molecule has 0 aliphatic rings. The van der Waals surface area contributed by atoms with Crippen LogP contribution in [0.15, 0.2) is 21.9 Å². The Labute approximate surface area is 92.9 Å². The van der Waals surface area contributed by atoms with Gasteiger partial charge in [-0.1, -0.05) is 6.92 Å². The number of furan rings is 1. The molecule has 0 saturated carbocycles. The van der Waals surface area contributed by atoms with Crippen molar-refractivity contribution in [3.8, 4) is 11.5 Å². The molecule has 2 heterocycles. The molecule has 2 aromatic heterocycles. The minimum atomic E-state index is 0.319. The van der Waals surface area contributed by atoms with Gasteiger partial charge in [-0.25, -0.2) is 4.98 Å². The summed E-state index contributed by atoms with van der Waals surface area (Å²) in [6, 6.07) is 3.89. The molecule has 0 fully saturated rings. The molecule has 15 heavy (non-hydrogen) atoms. The summed E-state index contributed by atoms with van der Waals surface area (Å²) >= 11 is 1.64. The van der Waals surface area contributed by atoms with Gasteiger partial charge in [-0.15, -0.1) is 11.3 Å². The van der Waals surface area contributed by atoms with Gasteiger partial charge in [-0.3, -0.25) is 0 Å². The lowest BCUT2D eigenvalue weighted by molar-refractivity contribution is 0.546. The Morgan fingerprint density at radius 1 is 1.53 bits per heavy atom. The zero-order valence-corrected chi connectivity index (χ0v) is 9.67. The number of rotatable bonds is 3. The summed E-state index contributed by atoms with van der Waals surface area (Å²) in [5.74, 6) is 2.06. The van der Waals surface area contributed by atoms with Crippen LogP contribution < -0.4 is 5.73 Å². The smallest absolute Gasteiger partial charge is 0.153 e. The average molecular weight is 222 g/mol. The van der Waals surface area contributed by atoms with Crippen molar-refractivity contribution < 1.29 is 4.42 Å². The van der Waals surface area contributed by atoms with Crippen molar-refractivity contribution in [1.82, 2.24) is 4.98 Å². The second kappa shape index (κ2) is 4.16. The lowest BCUT2D eigenvalue weighted by Crippen LogP contribution is -2.08. The summed E-state index contributed by atoms with van der Waals surface area (Å²) in [5, 5.41) is 3.08. The molecule has 2 rings (SSSR count). The lowest BCUT2D eigenvalue weighted by Gasteiger charge is -2.01. The van der Waals surface area contributed by atoms with Crippen LogP contribution in [0.2, 0.25) is 0 Å². The van der Waals surface area contributed by atoms with E-state index in [2.05, 4.69) is 11.9 Å². The SMILES string of the molecule is Cc1ccc(-c2csc(C(C)CN)n2)o1. The summed E-state index contributed by atoms with van der Waals surface area (Å²) in [7, 11) is 0. The van der Waals surface area contributed by atoms with E-state index in [9.17, 15) is 0 Å². The number of nitrogens with two attached hydrogens (primary N) is 1. The fourth-order valence-corrected chi connectivity index (χ4v) is 2.18. The monoisotopic (exact) mass is 222 g/mol. The van der Waals surface area contributed by atoms with Gasteiger partial charge in [0.1, 0.15) is 11.5 Å². The van der Waals surface area contributed by atoms with Crippen LogP contribution in [0.4, 0.5) is 0 Å². The molecular formula is C11H14N2OS. The molecule has 2 N–H and O–H groups in total. The Balaban J connectivity index is 2.27. The molecule has 0 aliphatic carbocycles. The Kier molecular flexibility index (Phi) is 2.88. The minimum Gasteiger partial charge on any atom is -0.460 e. The standard InChI is InChI=1S/C11H14N2OS/c1-7(5-12)11-13-9(6-15-11)10-4-3-8(2)14-10/h3-4,6-7H,5,12H2,1-2H3. The number of hydrogen-bond donors (Lipinski definition) is 1. The maximum absolute atomic E-state index is 5.60. The Hall–Kier alpha value is -1.13. The van der Waals surface area contributed by atoms with Crippen LogP contribution in [0.1, 0.15) is 23.6 Å². The van der Waals surface area contributed by atoms with Crippen LogP contribution in [0.5, 0.6) is 0 Å². The molecule has 0 aromatic carbocycles. The van der Waals surface area contributed by atoms with Gasteiger partial charge in [0.25, 0.3) is 0 Å². The summed E-state index contributed by atoms with van der Waals surface area (Å²) in [5.41, 5.74) is 6.51. The Morgan fingerprint density at radius 3 is 2.93 bits per heavy atom. The third-order valence-corrected chi connectivity index (χ3v) is 3.37. The van der Waals surface area contributed by atoms with Crippen molar-refractivity contribution in [3.05, 3.63) is 28.3 Å². The highest BCUT2D eigenvalue weighted by molar-refractivity contribution is 7.10. The highest BCUT2D eigenvalue weighted by Gasteiger charge is 2.11. The van der Waals surface area contributed by atoms with Crippen molar-refractivity contribution in [2.45, 2.75) is 19.8 Å². The van der Waals surface area contributed by atoms with Crippen LogP contribution in [0.3, 0.4) is 0 Å². The van der Waals surface area contributed by atoms with E-state index in [1.54, 1.807) is 11.3 Å². The van der Waals surface area contributed by atoms with E-state index in [-0.39, 0.29) is 0 Å². The van der Waals surface area contributed by atoms with E-state index in [0.29, 0.717) is 12.5 Å². The number of hydrogen-bond acceptors (Lipinski definition) is 4. The predicted octanol–water partition coefficient (Wildman–Crippen LogP) is 2.77. The first-order chi connectivity index (χ1) is 7.20. The van der Waals surface area contributed by atoms with Crippen LogP contribution in [0.25, 0.3) is 11.5 Å². The minimum absolute atomic E-state index is 0.319. The second-order valence-corrected chi connectivity index (χ2v) is 4.51. The zero-order valence-electron chi connectivity index (χ0n) is 8.86. The van der Waals surface area contributed by atoms with Gasteiger partial charge in [-0.05, 0) is 19.1 Å². The number of nitrogens with zero attached hydrogens (tertiary/aromatic N) is 1. The molecule has 1 atom stereocenters. The number of aryl methyl sites for hydroxylation is 1. The van der Waals surface area contributed by atoms with Crippen molar-refractivity contribution >= 4 is 11.3 Å². The molecule has 4 heteroatoms. The fraction of sp³-hybridized carbons (Fsp3) is 0.364. The van der Waals surface area contributed by atoms with Crippen LogP contribution in [-0.2, 0) is 0 Å². The van der Waals surface area contributed by atoms with Gasteiger partial charge in [0.2, 0.25) is 0 Å². The van der Waals surface area contributed by atoms with E-state index < -0.39 is 0 Å². The van der Waals surface area contributed by atoms with Gasteiger partial charge in [0.05, 0.1) is 5.01 Å². The second-order valence-electron chi connectivity index (χ2n) is 3.62. The maximum atomic E-state index is 5.60. The largest absolute Gasteiger partial charge is 0.460 e. The molecule has 0 amide bonds. The maximum Gasteiger partial charge on any atom is 0.153 e. The topological polar surface area (TPSA) is 52.0 Å². The van der Waals surface area contributed by atoms with E-state index in [1.165, 1.54) is 0 Å². The highest BCUT2D eigenvalue weighted by atomic mass is 32.1. The quantitative estimate of drug-likeness (QED) is 0.868. The number of aromatic nitrogens is 1. The van der Waals surface area contributed by atoms with Crippen molar-refractivity contribution in [2.75, 3.05) is 6.54 Å². The zero-order chi connectivity index (χ0) is 10.8. The van der Waals surface area contributed by atoms with Crippen molar-refractivity contribution in [1.29, 1.82) is 0 Å². The van der Waals surface area contributed by atoms with Gasteiger partial charge < -0.3 is 10.2 Å². The molecule has 0 spiro atoms. The van der Waals surface area contributed by atoms with Gasteiger partial charge in [0.15, 0.2) is 5.76 Å². The summed E-state index contributed by atoms with van der Waals surface area (Å²) in [6.07, 6.45) is 0. The molecule has 0 radical (unpaired) electrons. The van der Waals surface area contributed by atoms with E-state index in [0.717, 1.165) is 22.2 Å². The molecule has 1 unspecified atom stereocenters. The summed E-state index contributed by atoms with van der Waals surface area (Å²) < 4.78 is 5.51. The van der Waals surface area contributed by atoms with Crippen molar-refractivity contribution in [2.24, 2.45) is 5.73 Å². The molecule has 0 bridgehead atoms. The van der Waals surface area contributed by atoms with E-state index in [4.69, 9.17) is 10.2 Å². The molecule has 3 nitrogen and oxygen atoms in total. The van der Waals surface area contributed by atoms with Crippen LogP contribution in [-0.4, -0.2) is 11.5 Å². The Morgan fingerprint density at radius 2 is 2.33 bits per heavy atom. The van der Waals surface area contributed by atoms with E-state index in [1.807, 2.05) is 24.4 Å². The molecule has 0 aliphatic heterocycles. The van der Waals surface area contributed by atoms with Crippen LogP contribution >= 0.6 is 11.3 Å². The van der Waals surface area contributed by atoms with Crippen LogP contribution in [0, 0.1) is 6.92 Å². The molecular weight excluding hydrogens is 208 g/mol. The third kappa shape index (κ3) is 2.11. The lowest BCUT2D eigenvalue weighted by atomic mass is 10.2. The third-order valence-electron chi connectivity index (χ3n) is 2.29. The average Bonchev–Trinajstić information content (AvgIpc) is 2.84. The summed E-state index contributed by atoms with van der Waals surface area (Å²) in [6.45, 7) is 4.64. The normalized spacial score (nSPS) is 13.0. The predicted molar refractivity (Wildman–Crippen MR) is 62.0 cm³/mol. The molecule has 2 aromatic rings. The van der Waals surface area contributed by atoms with Gasteiger partial charge in [0, 0.05) is 17.8 Å². The van der Waals surface area contributed by atoms with Gasteiger partial charge >= 0.3 is 0 Å².